The molecule has 2 nitrogen and oxygen atoms in total. The van der Waals surface area contributed by atoms with Gasteiger partial charge in [-0.25, -0.2) is 0 Å². The van der Waals surface area contributed by atoms with E-state index in [9.17, 15) is 5.21 Å². The first-order valence-corrected chi connectivity index (χ1v) is 7.06. The van der Waals surface area contributed by atoms with E-state index in [0.717, 1.165) is 15.7 Å². The van der Waals surface area contributed by atoms with Crippen LogP contribution in [0.2, 0.25) is 0 Å². The number of aromatic nitrogens is 1. The van der Waals surface area contributed by atoms with E-state index in [2.05, 4.69) is 0 Å². The van der Waals surface area contributed by atoms with Crippen molar-refractivity contribution in [1.29, 1.82) is 0 Å². The molecule has 0 radical (unpaired) electrons. The van der Waals surface area contributed by atoms with E-state index in [0.29, 0.717) is 11.2 Å². The van der Waals surface area contributed by atoms with Crippen LogP contribution in [0.4, 0.5) is 0 Å². The van der Waals surface area contributed by atoms with Gasteiger partial charge in [-0.3, -0.25) is 0 Å². The van der Waals surface area contributed by atoms with E-state index in [4.69, 9.17) is 11.6 Å². The minimum Gasteiger partial charge on any atom is -0.618 e. The number of halogens is 1. The summed E-state index contributed by atoms with van der Waals surface area (Å²) in [6.45, 7) is 0. The first-order valence-electron chi connectivity index (χ1n) is 5.74. The van der Waals surface area contributed by atoms with Gasteiger partial charge in [0.1, 0.15) is 0 Å². The van der Waals surface area contributed by atoms with E-state index >= 15 is 0 Å². The first-order chi connectivity index (χ1) is 7.75. The van der Waals surface area contributed by atoms with Crippen molar-refractivity contribution in [2.24, 2.45) is 11.8 Å². The molecule has 2 aliphatic carbocycles. The third-order valence-electron chi connectivity index (χ3n) is 3.79. The quantitative estimate of drug-likeness (QED) is 0.462. The fourth-order valence-corrected chi connectivity index (χ4v) is 4.95. The molecule has 1 heterocycles. The average Bonchev–Trinajstić information content (AvgIpc) is 2.85. The number of rotatable bonds is 2. The number of thioether (sulfide) groups is 1. The molecule has 0 spiro atoms. The maximum atomic E-state index is 11.6. The summed E-state index contributed by atoms with van der Waals surface area (Å²) in [5, 5.41) is 13.0. The molecule has 4 atom stereocenters. The second kappa shape index (κ2) is 4.11. The molecule has 0 aliphatic heterocycles. The highest BCUT2D eigenvalue weighted by Gasteiger charge is 2.47. The number of alkyl halides is 1. The molecule has 0 N–H and O–H groups in total. The number of hydrogen-bond donors (Lipinski definition) is 0. The molecule has 1 aromatic heterocycles. The number of nitrogens with zero attached hydrogens (tertiary/aromatic N) is 1. The molecule has 16 heavy (non-hydrogen) atoms. The molecule has 0 unspecified atom stereocenters. The fourth-order valence-electron chi connectivity index (χ4n) is 2.97. The number of fused-ring (bicyclic) bond motifs is 2. The molecular formula is C12H14ClNOS. The van der Waals surface area contributed by atoms with Gasteiger partial charge in [0.25, 0.3) is 5.03 Å². The third-order valence-corrected chi connectivity index (χ3v) is 6.07. The highest BCUT2D eigenvalue weighted by Crippen LogP contribution is 2.52. The van der Waals surface area contributed by atoms with Gasteiger partial charge in [-0.15, -0.1) is 11.6 Å². The van der Waals surface area contributed by atoms with Gasteiger partial charge in [0.05, 0.1) is 0 Å². The summed E-state index contributed by atoms with van der Waals surface area (Å²) >= 11 is 8.11. The highest BCUT2D eigenvalue weighted by molar-refractivity contribution is 7.99. The Morgan fingerprint density at radius 2 is 2.12 bits per heavy atom. The molecule has 2 bridgehead atoms. The van der Waals surface area contributed by atoms with Gasteiger partial charge in [-0.1, -0.05) is 11.8 Å². The van der Waals surface area contributed by atoms with Crippen LogP contribution in [-0.4, -0.2) is 10.6 Å². The van der Waals surface area contributed by atoms with Crippen molar-refractivity contribution in [3.8, 4) is 0 Å². The van der Waals surface area contributed by atoms with Crippen LogP contribution in [0, 0.1) is 17.0 Å². The van der Waals surface area contributed by atoms with E-state index in [1.54, 1.807) is 24.0 Å². The summed E-state index contributed by atoms with van der Waals surface area (Å²) in [6.07, 6.45) is 5.38. The van der Waals surface area contributed by atoms with Crippen molar-refractivity contribution in [2.75, 3.05) is 0 Å². The summed E-state index contributed by atoms with van der Waals surface area (Å²) < 4.78 is 0.945. The lowest BCUT2D eigenvalue weighted by atomic mass is 10.00. The van der Waals surface area contributed by atoms with Gasteiger partial charge in [0.2, 0.25) is 0 Å². The molecule has 2 aliphatic rings. The van der Waals surface area contributed by atoms with Crippen molar-refractivity contribution in [2.45, 2.75) is 34.9 Å². The zero-order valence-electron chi connectivity index (χ0n) is 8.88. The Hall–Kier alpha value is -0.410. The summed E-state index contributed by atoms with van der Waals surface area (Å²) in [5.74, 6) is 1.41. The summed E-state index contributed by atoms with van der Waals surface area (Å²) in [6, 6.07) is 5.55. The van der Waals surface area contributed by atoms with Crippen molar-refractivity contribution >= 4 is 23.4 Å². The smallest absolute Gasteiger partial charge is 0.251 e. The SMILES string of the molecule is [O-][n+]1ccccc1S[C@H]1[C@H]2CC[C@@H](C2)[C@H]1Cl. The minimum atomic E-state index is 0.254. The first kappa shape index (κ1) is 10.7. The van der Waals surface area contributed by atoms with E-state index < -0.39 is 0 Å². The van der Waals surface area contributed by atoms with Crippen LogP contribution in [0.15, 0.2) is 29.4 Å². The van der Waals surface area contributed by atoms with E-state index in [1.165, 1.54) is 19.3 Å². The van der Waals surface area contributed by atoms with Gasteiger partial charge >= 0.3 is 0 Å². The molecule has 4 heteroatoms. The molecular weight excluding hydrogens is 242 g/mol. The Labute approximate surface area is 105 Å². The normalized spacial score (nSPS) is 36.8. The van der Waals surface area contributed by atoms with Crippen LogP contribution in [0.1, 0.15) is 19.3 Å². The summed E-state index contributed by atoms with van der Waals surface area (Å²) in [7, 11) is 0. The molecule has 2 saturated carbocycles. The minimum absolute atomic E-state index is 0.254. The molecule has 3 rings (SSSR count). The van der Waals surface area contributed by atoms with Crippen LogP contribution in [0.3, 0.4) is 0 Å². The second-order valence-corrected chi connectivity index (χ2v) is 6.43. The predicted octanol–water partition coefficient (Wildman–Crippen LogP) is 2.82. The Morgan fingerprint density at radius 3 is 2.81 bits per heavy atom. The van der Waals surface area contributed by atoms with Crippen LogP contribution in [0.25, 0.3) is 0 Å². The number of pyridine rings is 1. The van der Waals surface area contributed by atoms with Crippen molar-refractivity contribution < 1.29 is 4.73 Å². The summed E-state index contributed by atoms with van der Waals surface area (Å²) in [5.41, 5.74) is 0. The highest BCUT2D eigenvalue weighted by atomic mass is 35.5. The standard InChI is InChI=1S/C12H14ClNOS/c13-11-8-4-5-9(7-8)12(11)16-10-3-1-2-6-14(10)15/h1-3,6,8-9,11-12H,4-5,7H2/t8-,9-,11+,12-/m0/s1. The maximum Gasteiger partial charge on any atom is 0.251 e. The van der Waals surface area contributed by atoms with Crippen molar-refractivity contribution in [1.82, 2.24) is 0 Å². The van der Waals surface area contributed by atoms with Gasteiger partial charge in [-0.05, 0) is 37.2 Å². The van der Waals surface area contributed by atoms with Crippen LogP contribution in [0.5, 0.6) is 0 Å². The largest absolute Gasteiger partial charge is 0.618 e. The Bertz CT molecular complexity index is 398. The van der Waals surface area contributed by atoms with Gasteiger partial charge in [0, 0.05) is 22.8 Å². The van der Waals surface area contributed by atoms with Crippen molar-refractivity contribution in [3.63, 3.8) is 0 Å². The van der Waals surface area contributed by atoms with Crippen LogP contribution >= 0.6 is 23.4 Å². The molecule has 0 saturated heterocycles. The summed E-state index contributed by atoms with van der Waals surface area (Å²) in [4.78, 5) is 0. The molecule has 0 aromatic carbocycles. The van der Waals surface area contributed by atoms with Crippen LogP contribution < -0.4 is 4.73 Å². The van der Waals surface area contributed by atoms with Crippen molar-refractivity contribution in [3.05, 3.63) is 29.6 Å². The monoisotopic (exact) mass is 255 g/mol. The maximum absolute atomic E-state index is 11.6. The van der Waals surface area contributed by atoms with Gasteiger partial charge < -0.3 is 5.21 Å². The molecule has 0 amide bonds. The van der Waals surface area contributed by atoms with E-state index in [1.807, 2.05) is 12.1 Å². The second-order valence-electron chi connectivity index (χ2n) is 4.72. The van der Waals surface area contributed by atoms with E-state index in [-0.39, 0.29) is 5.38 Å². The third kappa shape index (κ3) is 1.70. The predicted molar refractivity (Wildman–Crippen MR) is 65.5 cm³/mol. The lowest BCUT2D eigenvalue weighted by Gasteiger charge is -2.24. The Morgan fingerprint density at radius 1 is 1.31 bits per heavy atom. The molecule has 2 fully saturated rings. The zero-order chi connectivity index (χ0) is 11.1. The average molecular weight is 256 g/mol. The lowest BCUT2D eigenvalue weighted by Crippen LogP contribution is -2.32. The molecule has 86 valence electrons. The zero-order valence-corrected chi connectivity index (χ0v) is 10.5. The Kier molecular flexibility index (Phi) is 2.76. The van der Waals surface area contributed by atoms with Gasteiger partial charge in [-0.2, -0.15) is 4.73 Å². The van der Waals surface area contributed by atoms with Gasteiger partial charge in [0.15, 0.2) is 6.20 Å². The topological polar surface area (TPSA) is 26.9 Å². The lowest BCUT2D eigenvalue weighted by molar-refractivity contribution is -0.645. The number of hydrogen-bond acceptors (Lipinski definition) is 2. The molecule has 1 aromatic rings. The fraction of sp³-hybridized carbons (Fsp3) is 0.583. The Balaban J connectivity index is 1.78. The van der Waals surface area contributed by atoms with Crippen LogP contribution in [-0.2, 0) is 0 Å².